The van der Waals surface area contributed by atoms with Crippen LogP contribution in [0, 0.1) is 0 Å². The highest BCUT2D eigenvalue weighted by Gasteiger charge is 2.25. The van der Waals surface area contributed by atoms with E-state index in [1.54, 1.807) is 30.1 Å². The first-order chi connectivity index (χ1) is 15.3. The van der Waals surface area contributed by atoms with Gasteiger partial charge in [-0.05, 0) is 42.8 Å². The summed E-state index contributed by atoms with van der Waals surface area (Å²) in [5.41, 5.74) is 2.00. The Balaban J connectivity index is 1.69. The highest BCUT2D eigenvalue weighted by Crippen LogP contribution is 2.29. The van der Waals surface area contributed by atoms with Gasteiger partial charge in [-0.25, -0.2) is 8.42 Å². The van der Waals surface area contributed by atoms with Crippen molar-refractivity contribution in [3.8, 4) is 0 Å². The minimum Gasteiger partial charge on any atom is -0.335 e. The van der Waals surface area contributed by atoms with Gasteiger partial charge in [-0.2, -0.15) is 8.75 Å². The minimum atomic E-state index is -4.06. The molecule has 3 aromatic carbocycles. The smallest absolute Gasteiger partial charge is 0.264 e. The third-order valence-corrected chi connectivity index (χ3v) is 7.35. The Kier molecular flexibility index (Phi) is 6.14. The van der Waals surface area contributed by atoms with Crippen molar-refractivity contribution in [1.29, 1.82) is 0 Å². The van der Waals surface area contributed by atoms with Crippen LogP contribution in [0.25, 0.3) is 11.0 Å². The Morgan fingerprint density at radius 2 is 1.81 bits per heavy atom. The van der Waals surface area contributed by atoms with Crippen LogP contribution in [0.15, 0.2) is 71.6 Å². The number of nitrogens with one attached hydrogen (secondary N) is 1. The first-order valence-electron chi connectivity index (χ1n) is 9.63. The number of nitrogens with zero attached hydrogens (tertiary/aromatic N) is 3. The van der Waals surface area contributed by atoms with Crippen LogP contribution in [-0.2, 0) is 10.0 Å². The Labute approximate surface area is 195 Å². The summed E-state index contributed by atoms with van der Waals surface area (Å²) in [6.07, 6.45) is 0. The summed E-state index contributed by atoms with van der Waals surface area (Å²) in [6.45, 7) is 1.91. The van der Waals surface area contributed by atoms with Gasteiger partial charge in [-0.3, -0.25) is 9.52 Å². The van der Waals surface area contributed by atoms with Crippen molar-refractivity contribution in [2.45, 2.75) is 17.9 Å². The number of aromatic nitrogens is 2. The molecule has 0 saturated heterocycles. The lowest BCUT2D eigenvalue weighted by atomic mass is 10.1. The molecule has 1 aromatic heterocycles. The molecule has 0 aliphatic carbocycles. The predicted molar refractivity (Wildman–Crippen MR) is 127 cm³/mol. The van der Waals surface area contributed by atoms with Crippen LogP contribution < -0.4 is 4.72 Å². The highest BCUT2D eigenvalue weighted by atomic mass is 35.5. The van der Waals surface area contributed by atoms with Gasteiger partial charge in [0.1, 0.15) is 15.9 Å². The second-order valence-corrected chi connectivity index (χ2v) is 9.80. The van der Waals surface area contributed by atoms with Gasteiger partial charge in [0.15, 0.2) is 0 Å². The molecule has 0 saturated carbocycles. The first-order valence-corrected chi connectivity index (χ1v) is 12.2. The first kappa shape index (κ1) is 22.2. The van der Waals surface area contributed by atoms with E-state index in [4.69, 9.17) is 11.6 Å². The number of sulfonamides is 1. The molecule has 0 aliphatic heterocycles. The monoisotopic (exact) mass is 486 g/mol. The highest BCUT2D eigenvalue weighted by molar-refractivity contribution is 7.93. The summed E-state index contributed by atoms with van der Waals surface area (Å²) in [4.78, 5) is 14.8. The van der Waals surface area contributed by atoms with E-state index in [2.05, 4.69) is 13.5 Å². The van der Waals surface area contributed by atoms with Crippen LogP contribution in [0.4, 0.5) is 5.69 Å². The molecule has 4 aromatic rings. The van der Waals surface area contributed by atoms with E-state index in [9.17, 15) is 13.2 Å². The molecule has 1 unspecified atom stereocenters. The van der Waals surface area contributed by atoms with Crippen molar-refractivity contribution in [1.82, 2.24) is 13.6 Å². The number of rotatable bonds is 6. The number of fused-ring (bicyclic) bond motifs is 1. The van der Waals surface area contributed by atoms with Crippen LogP contribution in [0.1, 0.15) is 28.9 Å². The molecule has 0 radical (unpaired) electrons. The fraction of sp³-hybridized carbons (Fsp3) is 0.136. The van der Waals surface area contributed by atoms with E-state index in [1.165, 1.54) is 18.2 Å². The molecule has 7 nitrogen and oxygen atoms in total. The van der Waals surface area contributed by atoms with Crippen LogP contribution in [0.2, 0.25) is 5.02 Å². The van der Waals surface area contributed by atoms with E-state index in [0.29, 0.717) is 10.5 Å². The van der Waals surface area contributed by atoms with E-state index >= 15 is 0 Å². The molecule has 0 spiro atoms. The minimum absolute atomic E-state index is 0.0202. The Morgan fingerprint density at radius 1 is 1.06 bits per heavy atom. The second-order valence-electron chi connectivity index (χ2n) is 7.19. The number of carbonyl (C=O) groups is 1. The van der Waals surface area contributed by atoms with Crippen molar-refractivity contribution >= 4 is 56.0 Å². The van der Waals surface area contributed by atoms with E-state index in [-0.39, 0.29) is 33.6 Å². The summed E-state index contributed by atoms with van der Waals surface area (Å²) in [6, 6.07) is 18.6. The normalized spacial score (nSPS) is 12.5. The third kappa shape index (κ3) is 4.32. The van der Waals surface area contributed by atoms with E-state index in [1.807, 2.05) is 37.3 Å². The largest absolute Gasteiger partial charge is 0.335 e. The zero-order chi connectivity index (χ0) is 22.9. The molecule has 0 bridgehead atoms. The van der Waals surface area contributed by atoms with Crippen molar-refractivity contribution < 1.29 is 13.2 Å². The molecule has 1 atom stereocenters. The molecular weight excluding hydrogens is 468 g/mol. The van der Waals surface area contributed by atoms with Crippen molar-refractivity contribution in [3.05, 3.63) is 82.9 Å². The molecule has 0 fully saturated rings. The fourth-order valence-corrected chi connectivity index (χ4v) is 5.32. The number of anilines is 1. The van der Waals surface area contributed by atoms with Gasteiger partial charge >= 0.3 is 0 Å². The number of hydrogen-bond acceptors (Lipinski definition) is 6. The van der Waals surface area contributed by atoms with Gasteiger partial charge in [0.2, 0.25) is 0 Å². The quantitative estimate of drug-likeness (QED) is 0.415. The summed E-state index contributed by atoms with van der Waals surface area (Å²) in [5, 5.41) is 0.298. The summed E-state index contributed by atoms with van der Waals surface area (Å²) in [5.74, 6) is -0.343. The number of amides is 1. The van der Waals surface area contributed by atoms with E-state index in [0.717, 1.165) is 17.3 Å². The SMILES string of the molecule is CC(c1ccccc1)N(C)C(=O)c1ccc(Cl)cc1NS(=O)(=O)c1cccc2nsnc12. The molecule has 164 valence electrons. The Morgan fingerprint density at radius 3 is 2.56 bits per heavy atom. The van der Waals surface area contributed by atoms with Gasteiger partial charge in [-0.1, -0.05) is 48.0 Å². The second kappa shape index (κ2) is 8.85. The van der Waals surface area contributed by atoms with Crippen molar-refractivity contribution in [2.24, 2.45) is 0 Å². The zero-order valence-electron chi connectivity index (χ0n) is 17.2. The van der Waals surface area contributed by atoms with Crippen LogP contribution in [-0.4, -0.2) is 35.0 Å². The van der Waals surface area contributed by atoms with Crippen LogP contribution in [0.3, 0.4) is 0 Å². The van der Waals surface area contributed by atoms with Gasteiger partial charge < -0.3 is 4.90 Å². The van der Waals surface area contributed by atoms with Gasteiger partial charge in [0.25, 0.3) is 15.9 Å². The lowest BCUT2D eigenvalue weighted by Crippen LogP contribution is -2.30. The zero-order valence-corrected chi connectivity index (χ0v) is 19.6. The lowest BCUT2D eigenvalue weighted by molar-refractivity contribution is 0.0743. The van der Waals surface area contributed by atoms with E-state index < -0.39 is 10.0 Å². The molecule has 1 heterocycles. The maximum Gasteiger partial charge on any atom is 0.264 e. The average Bonchev–Trinajstić information content (AvgIpc) is 3.27. The molecule has 10 heteroatoms. The topological polar surface area (TPSA) is 92.3 Å². The lowest BCUT2D eigenvalue weighted by Gasteiger charge is -2.26. The number of halogens is 1. The van der Waals surface area contributed by atoms with Gasteiger partial charge in [-0.15, -0.1) is 0 Å². The molecule has 1 amide bonds. The summed E-state index contributed by atoms with van der Waals surface area (Å²) in [7, 11) is -2.38. The van der Waals surface area contributed by atoms with Crippen LogP contribution >= 0.6 is 23.3 Å². The Bertz CT molecular complexity index is 1390. The maximum atomic E-state index is 13.3. The van der Waals surface area contributed by atoms with Crippen LogP contribution in [0.5, 0.6) is 0 Å². The predicted octanol–water partition coefficient (Wildman–Crippen LogP) is 4.98. The standard InChI is InChI=1S/C22H19ClN4O3S2/c1-14(15-7-4-3-5-8-15)27(2)22(28)17-12-11-16(23)13-19(17)26-32(29,30)20-10-6-9-18-21(20)25-31-24-18/h3-14,26H,1-2H3. The molecular formula is C22H19ClN4O3S2. The maximum absolute atomic E-state index is 13.3. The molecule has 4 rings (SSSR count). The fourth-order valence-electron chi connectivity index (χ4n) is 3.31. The number of carbonyl (C=O) groups excluding carboxylic acids is 1. The third-order valence-electron chi connectivity index (χ3n) is 5.18. The summed E-state index contributed by atoms with van der Waals surface area (Å²) < 4.78 is 37.1. The molecule has 0 aliphatic rings. The molecule has 32 heavy (non-hydrogen) atoms. The van der Waals surface area contributed by atoms with Gasteiger partial charge in [0, 0.05) is 12.1 Å². The summed E-state index contributed by atoms with van der Waals surface area (Å²) >= 11 is 7.06. The van der Waals surface area contributed by atoms with Crippen molar-refractivity contribution in [3.63, 3.8) is 0 Å². The number of hydrogen-bond donors (Lipinski definition) is 1. The Hall–Kier alpha value is -3.01. The number of benzene rings is 3. The molecule has 1 N–H and O–H groups in total. The average molecular weight is 487 g/mol. The van der Waals surface area contributed by atoms with Crippen molar-refractivity contribution in [2.75, 3.05) is 11.8 Å². The van der Waals surface area contributed by atoms with Gasteiger partial charge in [0.05, 0.1) is 29.0 Å².